The Hall–Kier alpha value is -7.04. The van der Waals surface area contributed by atoms with E-state index in [2.05, 4.69) is 180 Å². The van der Waals surface area contributed by atoms with E-state index in [1.165, 1.54) is 11.1 Å². The summed E-state index contributed by atoms with van der Waals surface area (Å²) in [6, 6.07) is 53.6. The monoisotopic (exact) mass is 955 g/mol. The lowest BCUT2D eigenvalue weighted by Crippen LogP contribution is -2.15. The number of aryl methyl sites for hydroxylation is 4. The molecule has 0 aromatic heterocycles. The van der Waals surface area contributed by atoms with Gasteiger partial charge in [-0.2, -0.15) is 0 Å². The highest BCUT2D eigenvalue weighted by Gasteiger charge is 2.28. The first kappa shape index (κ1) is 51.3. The Morgan fingerprint density at radius 2 is 0.625 bits per heavy atom. The minimum Gasteiger partial charge on any atom is -0.507 e. The first-order valence-corrected chi connectivity index (χ1v) is 25.6. The van der Waals surface area contributed by atoms with Gasteiger partial charge < -0.3 is 20.4 Å². The molecule has 0 spiro atoms. The zero-order valence-corrected chi connectivity index (χ0v) is 44.6. The number of hydrogen-bond donors (Lipinski definition) is 4. The van der Waals surface area contributed by atoms with Gasteiger partial charge in [-0.1, -0.05) is 180 Å². The summed E-state index contributed by atoms with van der Waals surface area (Å²) in [6.45, 7) is 26.2. The van der Waals surface area contributed by atoms with E-state index in [0.717, 1.165) is 81.3 Å². The van der Waals surface area contributed by atoms with Crippen molar-refractivity contribution in [2.24, 2.45) is 0 Å². The largest absolute Gasteiger partial charge is 0.507 e. The summed E-state index contributed by atoms with van der Waals surface area (Å²) in [4.78, 5) is 0. The average molecular weight is 955 g/mol. The Labute approximate surface area is 429 Å². The summed E-state index contributed by atoms with van der Waals surface area (Å²) in [6.07, 6.45) is 3.28. The number of phenols is 4. The van der Waals surface area contributed by atoms with Crippen LogP contribution in [0.25, 0.3) is 55.6 Å². The first-order chi connectivity index (χ1) is 33.9. The molecule has 0 radical (unpaired) electrons. The fourth-order valence-corrected chi connectivity index (χ4v) is 10.1. The van der Waals surface area contributed by atoms with Crippen molar-refractivity contribution in [2.75, 3.05) is 0 Å². The molecule has 0 amide bonds. The van der Waals surface area contributed by atoms with Crippen molar-refractivity contribution in [3.05, 3.63) is 202 Å². The summed E-state index contributed by atoms with van der Waals surface area (Å²) in [5.74, 6) is 0.512. The van der Waals surface area contributed by atoms with Crippen molar-refractivity contribution >= 4 is 0 Å². The van der Waals surface area contributed by atoms with Gasteiger partial charge in [-0.05, 0) is 175 Å². The SMILES string of the molecule is CC(C)(C)c1cc(-c2cccc(-c3cccc(-c4cc(C(C)(C)C)cc(-c5cc(C(C)(C)C)c(CCc6ccccc6)cc5O)c4O)c3)c2)c(O)c(-c2cc(C(C)(C)C)c(CCc3ccccc3)cc2O)c1. The zero-order chi connectivity index (χ0) is 51.9. The number of rotatable bonds is 11. The molecule has 8 aromatic rings. The van der Waals surface area contributed by atoms with Gasteiger partial charge in [-0.15, -0.1) is 0 Å². The predicted molar refractivity (Wildman–Crippen MR) is 303 cm³/mol. The second-order valence-corrected chi connectivity index (χ2v) is 24.0. The molecule has 72 heavy (non-hydrogen) atoms. The third-order valence-electron chi connectivity index (χ3n) is 14.3. The molecule has 0 fully saturated rings. The maximum absolute atomic E-state index is 12.4. The van der Waals surface area contributed by atoms with Crippen molar-refractivity contribution in [2.45, 2.75) is 130 Å². The highest BCUT2D eigenvalue weighted by Crippen LogP contribution is 2.49. The predicted octanol–water partition coefficient (Wildman–Crippen LogP) is 17.6. The van der Waals surface area contributed by atoms with E-state index in [9.17, 15) is 20.4 Å². The zero-order valence-electron chi connectivity index (χ0n) is 44.6. The highest BCUT2D eigenvalue weighted by atomic mass is 16.3. The fraction of sp³-hybridized carbons (Fsp3) is 0.294. The maximum atomic E-state index is 12.4. The van der Waals surface area contributed by atoms with Gasteiger partial charge in [0.2, 0.25) is 0 Å². The second kappa shape index (κ2) is 19.9. The third kappa shape index (κ3) is 11.2. The Morgan fingerprint density at radius 3 is 0.958 bits per heavy atom. The van der Waals surface area contributed by atoms with Crippen molar-refractivity contribution in [1.29, 1.82) is 0 Å². The maximum Gasteiger partial charge on any atom is 0.131 e. The Bertz CT molecular complexity index is 3020. The molecular formula is C68H74O4. The van der Waals surface area contributed by atoms with Gasteiger partial charge in [0.25, 0.3) is 0 Å². The van der Waals surface area contributed by atoms with E-state index in [-0.39, 0.29) is 44.7 Å². The van der Waals surface area contributed by atoms with Crippen LogP contribution in [-0.2, 0) is 47.3 Å². The standard InChI is InChI=1S/C68H74O4/c1-65(2,3)51-37-53(63(71)57(39-51)55-41-59(67(7,8)9)49(35-61(55)69)31-29-43-21-15-13-16-22-43)47-27-19-25-45(33-47)46-26-20-28-48(34-46)54-38-52(66(4,5)6)40-58(64(54)72)56-42-60(68(10,11)12)50(36-62(56)70)32-30-44-23-17-14-18-24-44/h13-28,33-42,69-72H,29-32H2,1-12H3. The minimum absolute atomic E-state index is 0.111. The quantitative estimate of drug-likeness (QED) is 0.104. The summed E-state index contributed by atoms with van der Waals surface area (Å²) < 4.78 is 0. The van der Waals surface area contributed by atoms with Crippen molar-refractivity contribution < 1.29 is 20.4 Å². The molecule has 0 aliphatic rings. The lowest BCUT2D eigenvalue weighted by molar-refractivity contribution is 0.467. The smallest absolute Gasteiger partial charge is 0.131 e. The van der Waals surface area contributed by atoms with E-state index in [4.69, 9.17) is 0 Å². The molecule has 8 rings (SSSR count). The van der Waals surface area contributed by atoms with E-state index in [1.54, 1.807) is 0 Å². The Balaban J connectivity index is 1.20. The molecule has 0 atom stereocenters. The van der Waals surface area contributed by atoms with Gasteiger partial charge in [0.15, 0.2) is 0 Å². The van der Waals surface area contributed by atoms with Crippen molar-refractivity contribution in [3.63, 3.8) is 0 Å². The Kier molecular flexibility index (Phi) is 14.2. The molecular weight excluding hydrogens is 881 g/mol. The average Bonchev–Trinajstić information content (AvgIpc) is 3.32. The normalized spacial score (nSPS) is 12.3. The van der Waals surface area contributed by atoms with E-state index < -0.39 is 0 Å². The van der Waals surface area contributed by atoms with Crippen LogP contribution in [0, 0.1) is 0 Å². The van der Waals surface area contributed by atoms with Gasteiger partial charge in [-0.3, -0.25) is 0 Å². The number of aromatic hydroxyl groups is 4. The summed E-state index contributed by atoms with van der Waals surface area (Å²) >= 11 is 0. The van der Waals surface area contributed by atoms with E-state index >= 15 is 0 Å². The first-order valence-electron chi connectivity index (χ1n) is 25.6. The van der Waals surface area contributed by atoms with Gasteiger partial charge >= 0.3 is 0 Å². The van der Waals surface area contributed by atoms with Crippen LogP contribution in [0.5, 0.6) is 23.0 Å². The number of hydrogen-bond acceptors (Lipinski definition) is 4. The lowest BCUT2D eigenvalue weighted by Gasteiger charge is -2.27. The minimum atomic E-state index is -0.265. The Morgan fingerprint density at radius 1 is 0.292 bits per heavy atom. The van der Waals surface area contributed by atoms with Crippen LogP contribution in [0.2, 0.25) is 0 Å². The third-order valence-corrected chi connectivity index (χ3v) is 14.3. The summed E-state index contributed by atoms with van der Waals surface area (Å²) in [5, 5.41) is 48.6. The fourth-order valence-electron chi connectivity index (χ4n) is 10.1. The highest BCUT2D eigenvalue weighted by molar-refractivity contribution is 5.89. The van der Waals surface area contributed by atoms with Crippen LogP contribution in [-0.4, -0.2) is 20.4 Å². The van der Waals surface area contributed by atoms with Crippen molar-refractivity contribution in [1.82, 2.24) is 0 Å². The van der Waals surface area contributed by atoms with Crippen molar-refractivity contribution in [3.8, 4) is 78.6 Å². The van der Waals surface area contributed by atoms with Crippen LogP contribution in [0.1, 0.15) is 128 Å². The van der Waals surface area contributed by atoms with Crippen LogP contribution in [0.15, 0.2) is 158 Å². The van der Waals surface area contributed by atoms with Crippen LogP contribution in [0.4, 0.5) is 0 Å². The molecule has 4 heteroatoms. The number of phenolic OH excluding ortho intramolecular Hbond substituents is 4. The molecule has 0 unspecified atom stereocenters. The van der Waals surface area contributed by atoms with E-state index in [1.807, 2.05) is 60.7 Å². The molecule has 0 aliphatic carbocycles. The van der Waals surface area contributed by atoms with Gasteiger partial charge in [0, 0.05) is 33.4 Å². The van der Waals surface area contributed by atoms with Gasteiger partial charge in [0.05, 0.1) is 0 Å². The van der Waals surface area contributed by atoms with Crippen LogP contribution < -0.4 is 0 Å². The van der Waals surface area contributed by atoms with Crippen LogP contribution in [0.3, 0.4) is 0 Å². The lowest BCUT2D eigenvalue weighted by atomic mass is 9.78. The van der Waals surface area contributed by atoms with Gasteiger partial charge in [0.1, 0.15) is 23.0 Å². The number of benzene rings is 8. The molecule has 4 N–H and O–H groups in total. The van der Waals surface area contributed by atoms with Crippen LogP contribution >= 0.6 is 0 Å². The van der Waals surface area contributed by atoms with Gasteiger partial charge in [-0.25, -0.2) is 0 Å². The molecule has 0 bridgehead atoms. The molecule has 0 aliphatic heterocycles. The molecule has 370 valence electrons. The molecule has 4 nitrogen and oxygen atoms in total. The molecule has 0 heterocycles. The second-order valence-electron chi connectivity index (χ2n) is 24.0. The topological polar surface area (TPSA) is 80.9 Å². The molecule has 0 saturated heterocycles. The molecule has 8 aromatic carbocycles. The summed E-state index contributed by atoms with van der Waals surface area (Å²) in [7, 11) is 0. The van der Waals surface area contributed by atoms with E-state index in [0.29, 0.717) is 33.4 Å². The molecule has 0 saturated carbocycles. The summed E-state index contributed by atoms with van der Waals surface area (Å²) in [5.41, 5.74) is 15.4.